The first-order valence-electron chi connectivity index (χ1n) is 31.3. The van der Waals surface area contributed by atoms with Gasteiger partial charge >= 0.3 is 0 Å². The SMILES string of the molecule is C1CCC1.C=C(C)CCOCCOCCOCCOCCn1cc(COCCOCCOCCOCCOc2ccc(OC)cc2)nn1.CCC(=N)N(C(C)=N)C(C)CC1CCC(C)N1CCC(NC)c1ccccc1.O=CC1CCC(F)(F)CC1. The van der Waals surface area contributed by atoms with Crippen LogP contribution in [-0.4, -0.2) is 193 Å². The minimum Gasteiger partial charge on any atom is -0.497 e. The Balaban J connectivity index is 0.000000385. The predicted octanol–water partition coefficient (Wildman–Crippen LogP) is 11.2. The van der Waals surface area contributed by atoms with Crippen LogP contribution in [0.25, 0.3) is 0 Å². The van der Waals surface area contributed by atoms with Crippen molar-refractivity contribution in [2.24, 2.45) is 5.92 Å². The van der Waals surface area contributed by atoms with Crippen molar-refractivity contribution in [1.82, 2.24) is 30.1 Å². The van der Waals surface area contributed by atoms with Gasteiger partial charge < -0.3 is 62.4 Å². The largest absolute Gasteiger partial charge is 0.497 e. The molecular formula is C65H108F2N8O11. The summed E-state index contributed by atoms with van der Waals surface area (Å²) in [6, 6.07) is 19.8. The van der Waals surface area contributed by atoms with E-state index in [9.17, 15) is 13.6 Å². The lowest BCUT2D eigenvalue weighted by molar-refractivity contribution is -0.115. The van der Waals surface area contributed by atoms with E-state index < -0.39 is 5.92 Å². The number of hydrogen-bond acceptors (Lipinski definition) is 17. The molecule has 3 fully saturated rings. The quantitative estimate of drug-likeness (QED) is 0.0159. The summed E-state index contributed by atoms with van der Waals surface area (Å²) in [5, 5.41) is 28.0. The normalized spacial score (nSPS) is 17.1. The number of aldehydes is 1. The van der Waals surface area contributed by atoms with Crippen molar-refractivity contribution in [3.05, 3.63) is 84.2 Å². The van der Waals surface area contributed by atoms with Crippen LogP contribution in [0.15, 0.2) is 72.9 Å². The number of methoxy groups -OCH3 is 1. The smallest absolute Gasteiger partial charge is 0.248 e. The summed E-state index contributed by atoms with van der Waals surface area (Å²) in [6.07, 6.45) is 15.2. The van der Waals surface area contributed by atoms with Crippen molar-refractivity contribution in [2.45, 2.75) is 168 Å². The number of ether oxygens (including phenoxy) is 10. The number of nitrogens with one attached hydrogen (secondary N) is 3. The molecule has 3 aliphatic rings. The van der Waals surface area contributed by atoms with Gasteiger partial charge in [-0.2, -0.15) is 0 Å². The number of carbonyl (C=O) groups is 1. The topological polar surface area (TPSA) is 206 Å². The average molecular weight is 1220 g/mol. The van der Waals surface area contributed by atoms with Gasteiger partial charge in [0.05, 0.1) is 131 Å². The molecule has 0 spiro atoms. The lowest BCUT2D eigenvalue weighted by Gasteiger charge is -2.36. The zero-order chi connectivity index (χ0) is 62.5. The van der Waals surface area contributed by atoms with Gasteiger partial charge in [-0.25, -0.2) is 13.5 Å². The number of alkyl halides is 2. The first kappa shape index (κ1) is 75.4. The van der Waals surface area contributed by atoms with E-state index in [-0.39, 0.29) is 24.8 Å². The molecule has 0 bridgehead atoms. The van der Waals surface area contributed by atoms with E-state index in [0.717, 1.165) is 54.9 Å². The zero-order valence-corrected chi connectivity index (χ0v) is 53.3. The molecule has 1 aromatic heterocycles. The Bertz CT molecular complexity index is 2180. The zero-order valence-electron chi connectivity index (χ0n) is 53.3. The number of likely N-dealkylation sites (tertiary alicyclic amines) is 1. The number of nitrogens with zero attached hydrogens (tertiary/aromatic N) is 5. The van der Waals surface area contributed by atoms with Crippen molar-refractivity contribution >= 4 is 18.0 Å². The van der Waals surface area contributed by atoms with Crippen molar-refractivity contribution in [3.8, 4) is 11.5 Å². The Morgan fingerprint density at radius 1 is 0.744 bits per heavy atom. The second-order valence-electron chi connectivity index (χ2n) is 22.0. The second kappa shape index (κ2) is 47.2. The highest BCUT2D eigenvalue weighted by molar-refractivity contribution is 5.97. The molecule has 0 radical (unpaired) electrons. The molecule has 1 aliphatic heterocycles. The fraction of sp³-hybridized carbons (Fsp3) is 0.708. The van der Waals surface area contributed by atoms with Crippen molar-refractivity contribution in [2.75, 3.05) is 126 Å². The average Bonchev–Trinajstić information content (AvgIpc) is 4.15. The molecule has 2 heterocycles. The maximum atomic E-state index is 12.4. The van der Waals surface area contributed by atoms with Crippen LogP contribution in [-0.2, 0) is 55.8 Å². The summed E-state index contributed by atoms with van der Waals surface area (Å²) < 4.78 is 81.4. The molecule has 3 N–H and O–H groups in total. The fourth-order valence-electron chi connectivity index (χ4n) is 9.55. The molecule has 0 amide bonds. The highest BCUT2D eigenvalue weighted by Gasteiger charge is 2.35. The fourth-order valence-corrected chi connectivity index (χ4v) is 9.55. The van der Waals surface area contributed by atoms with Gasteiger partial charge in [-0.15, -0.1) is 11.7 Å². The van der Waals surface area contributed by atoms with Gasteiger partial charge in [0.2, 0.25) is 5.92 Å². The molecule has 21 heteroatoms. The molecule has 488 valence electrons. The van der Waals surface area contributed by atoms with Crippen molar-refractivity contribution in [1.29, 1.82) is 10.8 Å². The number of rotatable bonds is 41. The molecule has 6 rings (SSSR count). The van der Waals surface area contributed by atoms with Crippen molar-refractivity contribution < 1.29 is 60.9 Å². The van der Waals surface area contributed by atoms with E-state index in [1.807, 2.05) is 56.3 Å². The number of amidine groups is 2. The Labute approximate surface area is 513 Å². The minimum atomic E-state index is -2.50. The molecule has 86 heavy (non-hydrogen) atoms. The van der Waals surface area contributed by atoms with Crippen LogP contribution in [0, 0.1) is 16.7 Å². The summed E-state index contributed by atoms with van der Waals surface area (Å²) in [5.41, 5.74) is 3.23. The Morgan fingerprint density at radius 3 is 1.77 bits per heavy atom. The highest BCUT2D eigenvalue weighted by atomic mass is 19.3. The van der Waals surface area contributed by atoms with E-state index in [2.05, 4.69) is 71.3 Å². The van der Waals surface area contributed by atoms with Gasteiger partial charge in [0.1, 0.15) is 35.9 Å². The lowest BCUT2D eigenvalue weighted by Crippen LogP contribution is -2.45. The molecule has 4 atom stereocenters. The number of carbonyl (C=O) groups excluding carboxylic acids is 1. The van der Waals surface area contributed by atoms with Crippen LogP contribution in [0.4, 0.5) is 8.78 Å². The van der Waals surface area contributed by atoms with Gasteiger partial charge in [0, 0.05) is 55.9 Å². The Morgan fingerprint density at radius 2 is 1.27 bits per heavy atom. The third-order valence-electron chi connectivity index (χ3n) is 14.9. The molecule has 19 nitrogen and oxygen atoms in total. The predicted molar refractivity (Wildman–Crippen MR) is 334 cm³/mol. The first-order chi connectivity index (χ1) is 41.7. The maximum absolute atomic E-state index is 12.4. The monoisotopic (exact) mass is 1210 g/mol. The first-order valence-corrected chi connectivity index (χ1v) is 31.3. The van der Waals surface area contributed by atoms with Gasteiger partial charge in [-0.1, -0.05) is 73.7 Å². The summed E-state index contributed by atoms with van der Waals surface area (Å²) >= 11 is 0. The summed E-state index contributed by atoms with van der Waals surface area (Å²) in [7, 11) is 3.68. The Hall–Kier alpha value is -4.81. The molecule has 3 aromatic rings. The molecule has 4 unspecified atom stereocenters. The van der Waals surface area contributed by atoms with Crippen LogP contribution in [0.2, 0.25) is 0 Å². The molecule has 2 aromatic carbocycles. The van der Waals surface area contributed by atoms with Crippen LogP contribution in [0.3, 0.4) is 0 Å². The van der Waals surface area contributed by atoms with E-state index in [1.54, 1.807) is 18.7 Å². The molecule has 2 saturated carbocycles. The molecular weight excluding hydrogens is 1110 g/mol. The van der Waals surface area contributed by atoms with Gasteiger partial charge in [-0.3, -0.25) is 15.7 Å². The van der Waals surface area contributed by atoms with Crippen LogP contribution in [0.1, 0.15) is 142 Å². The van der Waals surface area contributed by atoms with Crippen LogP contribution < -0.4 is 14.8 Å². The highest BCUT2D eigenvalue weighted by Crippen LogP contribution is 2.35. The van der Waals surface area contributed by atoms with Gasteiger partial charge in [0.15, 0.2) is 0 Å². The van der Waals surface area contributed by atoms with Gasteiger partial charge in [0.25, 0.3) is 0 Å². The number of hydrogen-bond donors (Lipinski definition) is 3. The summed E-state index contributed by atoms with van der Waals surface area (Å²) in [4.78, 5) is 14.7. The van der Waals surface area contributed by atoms with E-state index in [1.165, 1.54) is 44.1 Å². The molecule has 2 aliphatic carbocycles. The third-order valence-corrected chi connectivity index (χ3v) is 14.9. The van der Waals surface area contributed by atoms with E-state index in [0.29, 0.717) is 168 Å². The maximum Gasteiger partial charge on any atom is 0.248 e. The van der Waals surface area contributed by atoms with E-state index >= 15 is 0 Å². The minimum absolute atomic E-state index is 0.111. The molecule has 1 saturated heterocycles. The van der Waals surface area contributed by atoms with Gasteiger partial charge in [-0.05, 0) is 110 Å². The third kappa shape index (κ3) is 34.7. The standard InChI is InChI=1S/C31H51N3O10.C23H39N5.C7H10F2O.C4H8/c1-28(2)8-10-36-12-14-38-16-17-39-15-13-37-11-9-34-26-29(32-33-34)27-43-23-22-41-19-18-40-20-21-42-24-25-44-31-6-4-30(35-3)5-7-31;1-6-23(25)28(19(4)24)18(3)16-21-13-12-17(2)27(21)15-14-22(26-5)20-10-8-7-9-11-20;8-7(9)3-1-6(5-10)2-4-7;1-2-4-3-1/h4-7,26H,1,8-25,27H2,2-3H3;7-11,17-18,21-22,24-26H,6,12-16H2,1-5H3;5-6H,1-4H2;1-4H2. The number of halogens is 2. The van der Waals surface area contributed by atoms with Crippen LogP contribution in [0.5, 0.6) is 11.5 Å². The van der Waals surface area contributed by atoms with Crippen molar-refractivity contribution in [3.63, 3.8) is 0 Å². The summed E-state index contributed by atoms with van der Waals surface area (Å²) in [5.74, 6) is 0.00121. The number of aromatic nitrogens is 3. The van der Waals surface area contributed by atoms with E-state index in [4.69, 9.17) is 58.2 Å². The lowest BCUT2D eigenvalue weighted by atomic mass is 9.88. The summed E-state index contributed by atoms with van der Waals surface area (Å²) in [6.45, 7) is 24.5. The second-order valence-corrected chi connectivity index (χ2v) is 22.0. The number of benzene rings is 2. The van der Waals surface area contributed by atoms with Crippen LogP contribution >= 0.6 is 0 Å². The Kier molecular flexibility index (Phi) is 41.4.